The van der Waals surface area contributed by atoms with Gasteiger partial charge in [0.15, 0.2) is 0 Å². The van der Waals surface area contributed by atoms with Gasteiger partial charge in [0, 0.05) is 48.6 Å². The first-order valence-corrected chi connectivity index (χ1v) is 12.7. The third-order valence-corrected chi connectivity index (χ3v) is 7.74. The fourth-order valence-electron chi connectivity index (χ4n) is 5.55. The maximum atomic E-state index is 12.7. The van der Waals surface area contributed by atoms with Crippen LogP contribution in [0.15, 0.2) is 67.0 Å². The molecule has 2 heterocycles. The van der Waals surface area contributed by atoms with Crippen LogP contribution in [-0.2, 0) is 42.7 Å². The van der Waals surface area contributed by atoms with Gasteiger partial charge in [-0.3, -0.25) is 4.79 Å². The topological polar surface area (TPSA) is 86.3 Å². The van der Waals surface area contributed by atoms with Crippen molar-refractivity contribution in [2.24, 2.45) is 24.6 Å². The summed E-state index contributed by atoms with van der Waals surface area (Å²) in [6.07, 6.45) is 5.84. The second-order valence-electron chi connectivity index (χ2n) is 9.86. The van der Waals surface area contributed by atoms with E-state index in [4.69, 9.17) is 10.5 Å². The van der Waals surface area contributed by atoms with Gasteiger partial charge < -0.3 is 20.1 Å². The summed E-state index contributed by atoms with van der Waals surface area (Å²) < 4.78 is 11.9. The minimum Gasteiger partial charge on any atom is -0.424 e. The van der Waals surface area contributed by atoms with Gasteiger partial charge in [-0.1, -0.05) is 48.5 Å². The Hall–Kier alpha value is -3.42. The lowest BCUT2D eigenvalue weighted by Gasteiger charge is -2.28. The highest BCUT2D eigenvalue weighted by molar-refractivity contribution is 5.86. The number of aromatic nitrogens is 3. The molecule has 188 valence electrons. The number of carbonyl (C=O) groups is 1. The highest BCUT2D eigenvalue weighted by atomic mass is 16.5. The van der Waals surface area contributed by atoms with E-state index in [2.05, 4.69) is 28.3 Å². The molecule has 0 aliphatic heterocycles. The summed E-state index contributed by atoms with van der Waals surface area (Å²) in [6, 6.07) is 18.2. The Bertz CT molecular complexity index is 1360. The molecule has 0 radical (unpaired) electrons. The number of rotatable bonds is 8. The molecule has 7 nitrogen and oxygen atoms in total. The van der Waals surface area contributed by atoms with Crippen LogP contribution in [0, 0.1) is 18.8 Å². The minimum absolute atomic E-state index is 0.109. The van der Waals surface area contributed by atoms with Crippen molar-refractivity contribution in [2.75, 3.05) is 6.54 Å². The van der Waals surface area contributed by atoms with Crippen LogP contribution >= 0.6 is 0 Å². The summed E-state index contributed by atoms with van der Waals surface area (Å²) in [5, 5.41) is 12.5. The lowest BCUT2D eigenvalue weighted by atomic mass is 9.83. The Morgan fingerprint density at radius 3 is 2.72 bits per heavy atom. The number of fused-ring (bicyclic) bond motifs is 3. The van der Waals surface area contributed by atoms with Crippen LogP contribution in [0.1, 0.15) is 35.2 Å². The molecule has 2 aromatic heterocycles. The Morgan fingerprint density at radius 1 is 1.19 bits per heavy atom. The van der Waals surface area contributed by atoms with E-state index >= 15 is 0 Å². The molecule has 0 fully saturated rings. The predicted octanol–water partition coefficient (Wildman–Crippen LogP) is 3.19. The molecule has 0 bridgehead atoms. The van der Waals surface area contributed by atoms with Gasteiger partial charge in [0.25, 0.3) is 5.82 Å². The van der Waals surface area contributed by atoms with Crippen molar-refractivity contribution in [1.82, 2.24) is 9.13 Å². The number of aliphatic hydroxyl groups excluding tert-OH is 1. The van der Waals surface area contributed by atoms with Crippen molar-refractivity contribution in [3.05, 3.63) is 89.6 Å². The quantitative estimate of drug-likeness (QED) is 0.295. The van der Waals surface area contributed by atoms with Crippen molar-refractivity contribution in [1.29, 1.82) is 0 Å². The first-order valence-electron chi connectivity index (χ1n) is 12.7. The molecule has 0 spiro atoms. The number of esters is 1. The van der Waals surface area contributed by atoms with Gasteiger partial charge in [-0.05, 0) is 30.9 Å². The summed E-state index contributed by atoms with van der Waals surface area (Å²) in [6.45, 7) is 3.10. The molecule has 36 heavy (non-hydrogen) atoms. The van der Waals surface area contributed by atoms with Crippen LogP contribution in [0.4, 0.5) is 0 Å². The van der Waals surface area contributed by atoms with Gasteiger partial charge in [-0.15, -0.1) is 0 Å². The highest BCUT2D eigenvalue weighted by Crippen LogP contribution is 2.41. The summed E-state index contributed by atoms with van der Waals surface area (Å²) in [5.74, 6) is 0.429. The second kappa shape index (κ2) is 10.3. The van der Waals surface area contributed by atoms with Gasteiger partial charge >= 0.3 is 5.97 Å². The number of para-hydroxylation sites is 1. The summed E-state index contributed by atoms with van der Waals surface area (Å²) in [7, 11) is 2.09. The molecule has 1 aliphatic carbocycles. The van der Waals surface area contributed by atoms with E-state index in [1.54, 1.807) is 0 Å². The molecule has 0 amide bonds. The van der Waals surface area contributed by atoms with E-state index in [-0.39, 0.29) is 31.1 Å². The zero-order valence-electron chi connectivity index (χ0n) is 21.0. The first kappa shape index (κ1) is 24.3. The van der Waals surface area contributed by atoms with Gasteiger partial charge in [0.05, 0.1) is 18.6 Å². The normalized spacial score (nSPS) is 18.2. The fraction of sp³-hybridized carbons (Fsp3) is 0.379. The van der Waals surface area contributed by atoms with E-state index in [0.717, 1.165) is 35.2 Å². The Kier molecular flexibility index (Phi) is 6.94. The van der Waals surface area contributed by atoms with Crippen molar-refractivity contribution in [3.63, 3.8) is 0 Å². The Balaban J connectivity index is 1.24. The lowest BCUT2D eigenvalue weighted by molar-refractivity contribution is -0.732. The van der Waals surface area contributed by atoms with Crippen LogP contribution in [0.2, 0.25) is 0 Å². The number of imidazole rings is 1. The number of aryl methyl sites for hydroxylation is 1. The van der Waals surface area contributed by atoms with Gasteiger partial charge in [0.2, 0.25) is 6.73 Å². The number of aliphatic hydroxyl groups is 1. The van der Waals surface area contributed by atoms with E-state index < -0.39 is 6.10 Å². The van der Waals surface area contributed by atoms with Crippen LogP contribution in [0.3, 0.4) is 0 Å². The molecule has 4 aromatic rings. The van der Waals surface area contributed by atoms with E-state index in [0.29, 0.717) is 13.0 Å². The average molecular weight is 488 g/mol. The number of hydrogen-bond donors (Lipinski definition) is 2. The maximum Gasteiger partial charge on any atom is 0.313 e. The SMILES string of the molecule is Cc1n(CC2CCc3c(c4ccccc4n3C)C2O)cc[n+]1COC(=O)C(CN)Cc1ccccc1. The monoisotopic (exact) mass is 487 g/mol. The van der Waals surface area contributed by atoms with Crippen molar-refractivity contribution in [3.8, 4) is 0 Å². The van der Waals surface area contributed by atoms with Crippen molar-refractivity contribution in [2.45, 2.75) is 45.6 Å². The fourth-order valence-corrected chi connectivity index (χ4v) is 5.55. The Labute approximate surface area is 211 Å². The van der Waals surface area contributed by atoms with Crippen molar-refractivity contribution >= 4 is 16.9 Å². The third-order valence-electron chi connectivity index (χ3n) is 7.74. The molecule has 0 saturated carbocycles. The van der Waals surface area contributed by atoms with Crippen LogP contribution < -0.4 is 10.3 Å². The number of benzene rings is 2. The standard InChI is InChI=1S/C29H35N4O3/c1-20-32(14-15-33(20)19-36-29(35)23(17-30)16-21-8-4-3-5-9-21)18-22-12-13-26-27(28(22)34)24-10-6-7-11-25(24)31(26)2/h3-11,14-15,22-23,28,34H,12-13,16-19,30H2,1-2H3/q+1. The van der Waals surface area contributed by atoms with E-state index in [1.807, 2.05) is 66.3 Å². The molecule has 1 aliphatic rings. The second-order valence-corrected chi connectivity index (χ2v) is 9.86. The molecule has 5 rings (SSSR count). The first-order chi connectivity index (χ1) is 17.5. The number of nitrogens with zero attached hydrogens (tertiary/aromatic N) is 3. The van der Waals surface area contributed by atoms with Crippen LogP contribution in [0.25, 0.3) is 10.9 Å². The molecule has 3 N–H and O–H groups in total. The molecular formula is C29H35N4O3+. The number of carbonyl (C=O) groups excluding carboxylic acids is 1. The smallest absolute Gasteiger partial charge is 0.313 e. The number of hydrogen-bond acceptors (Lipinski definition) is 4. The molecular weight excluding hydrogens is 452 g/mol. The highest BCUT2D eigenvalue weighted by Gasteiger charge is 2.34. The molecule has 3 unspecified atom stereocenters. The van der Waals surface area contributed by atoms with Crippen molar-refractivity contribution < 1.29 is 19.2 Å². The average Bonchev–Trinajstić information content (AvgIpc) is 3.40. The summed E-state index contributed by atoms with van der Waals surface area (Å²) in [4.78, 5) is 12.7. The number of nitrogens with two attached hydrogens (primary N) is 1. The summed E-state index contributed by atoms with van der Waals surface area (Å²) >= 11 is 0. The van der Waals surface area contributed by atoms with Gasteiger partial charge in [0.1, 0.15) is 12.4 Å². The molecule has 2 aromatic carbocycles. The van der Waals surface area contributed by atoms with E-state index in [9.17, 15) is 9.90 Å². The van der Waals surface area contributed by atoms with Gasteiger partial charge in [-0.25, -0.2) is 4.57 Å². The van der Waals surface area contributed by atoms with E-state index in [1.165, 1.54) is 11.2 Å². The lowest BCUT2D eigenvalue weighted by Crippen LogP contribution is -2.40. The van der Waals surface area contributed by atoms with Crippen LogP contribution in [-0.4, -0.2) is 26.8 Å². The maximum absolute atomic E-state index is 12.7. The number of ether oxygens (including phenoxy) is 1. The van der Waals surface area contributed by atoms with Gasteiger partial charge in [-0.2, -0.15) is 4.57 Å². The van der Waals surface area contributed by atoms with Crippen LogP contribution in [0.5, 0.6) is 0 Å². The minimum atomic E-state index is -0.517. The molecule has 7 heteroatoms. The largest absolute Gasteiger partial charge is 0.424 e. The zero-order chi connectivity index (χ0) is 25.2. The third kappa shape index (κ3) is 4.56. The molecule has 0 saturated heterocycles. The predicted molar refractivity (Wildman–Crippen MR) is 138 cm³/mol. The Morgan fingerprint density at radius 2 is 1.94 bits per heavy atom. The zero-order valence-corrected chi connectivity index (χ0v) is 21.0. The summed E-state index contributed by atoms with van der Waals surface area (Å²) in [5.41, 5.74) is 10.4. The molecule has 3 atom stereocenters.